The van der Waals surface area contributed by atoms with Crippen LogP contribution in [0.5, 0.6) is 11.5 Å². The van der Waals surface area contributed by atoms with E-state index >= 15 is 0 Å². The number of hydrogen-bond donors (Lipinski definition) is 2. The van der Waals surface area contributed by atoms with Crippen LogP contribution >= 0.6 is 11.3 Å². The monoisotopic (exact) mass is 699 g/mol. The molecule has 50 heavy (non-hydrogen) atoms. The van der Waals surface area contributed by atoms with Crippen molar-refractivity contribution in [1.29, 1.82) is 0 Å². The second-order valence-corrected chi connectivity index (χ2v) is 15.0. The van der Waals surface area contributed by atoms with Gasteiger partial charge in [-0.3, -0.25) is 4.98 Å². The Kier molecular flexibility index (Phi) is 18.6. The Labute approximate surface area is 308 Å². The molecule has 1 aliphatic heterocycles. The van der Waals surface area contributed by atoms with Crippen LogP contribution in [0, 0.1) is 0 Å². The predicted octanol–water partition coefficient (Wildman–Crippen LogP) is 12.7. The Morgan fingerprint density at radius 1 is 0.700 bits per heavy atom. The lowest BCUT2D eigenvalue weighted by molar-refractivity contribution is 0.287. The van der Waals surface area contributed by atoms with E-state index in [9.17, 15) is 0 Å². The van der Waals surface area contributed by atoms with Crippen molar-refractivity contribution in [3.63, 3.8) is 0 Å². The van der Waals surface area contributed by atoms with Crippen molar-refractivity contribution in [2.75, 3.05) is 13.2 Å². The SMILES string of the molecule is CCCCCCOc1ccc(C2C=C(c3cc(/C=C/c4sc(CCCCCC)cc4CCCCCC)ccn3)NN2)c(OCCCCCC)c1. The third kappa shape index (κ3) is 13.6. The Bertz CT molecular complexity index is 1440. The summed E-state index contributed by atoms with van der Waals surface area (Å²) in [5.74, 6) is 1.77. The Morgan fingerprint density at radius 3 is 2.10 bits per heavy atom. The van der Waals surface area contributed by atoms with E-state index in [0.717, 1.165) is 53.5 Å². The number of ether oxygens (including phenoxy) is 2. The van der Waals surface area contributed by atoms with Crippen molar-refractivity contribution < 1.29 is 9.47 Å². The lowest BCUT2D eigenvalue weighted by Gasteiger charge is -2.17. The highest BCUT2D eigenvalue weighted by molar-refractivity contribution is 7.13. The number of thiophene rings is 1. The Balaban J connectivity index is 1.46. The zero-order chi connectivity index (χ0) is 35.2. The molecule has 0 saturated carbocycles. The number of benzene rings is 1. The molecule has 0 bridgehead atoms. The number of rotatable bonds is 26. The molecule has 6 heteroatoms. The molecular weight excluding hydrogens is 635 g/mol. The zero-order valence-corrected chi connectivity index (χ0v) is 32.5. The van der Waals surface area contributed by atoms with Gasteiger partial charge in [0.2, 0.25) is 0 Å². The molecule has 0 amide bonds. The van der Waals surface area contributed by atoms with E-state index in [-0.39, 0.29) is 6.04 Å². The molecule has 4 rings (SSSR count). The number of aromatic nitrogens is 1. The quantitative estimate of drug-likeness (QED) is 0.0817. The van der Waals surface area contributed by atoms with Gasteiger partial charge in [-0.1, -0.05) is 111 Å². The minimum absolute atomic E-state index is 0.0348. The predicted molar refractivity (Wildman–Crippen MR) is 216 cm³/mol. The summed E-state index contributed by atoms with van der Waals surface area (Å²) >= 11 is 1.99. The normalized spacial score (nSPS) is 14.3. The minimum Gasteiger partial charge on any atom is -0.493 e. The highest BCUT2D eigenvalue weighted by Crippen LogP contribution is 2.34. The summed E-state index contributed by atoms with van der Waals surface area (Å²) in [6.45, 7) is 10.5. The first-order valence-electron chi connectivity index (χ1n) is 20.0. The average Bonchev–Trinajstić information content (AvgIpc) is 3.79. The van der Waals surface area contributed by atoms with Crippen LogP contribution in [-0.4, -0.2) is 18.2 Å². The molecule has 1 aromatic carbocycles. The Hall–Kier alpha value is -3.09. The average molecular weight is 700 g/mol. The zero-order valence-electron chi connectivity index (χ0n) is 31.7. The molecule has 2 N–H and O–H groups in total. The molecule has 0 fully saturated rings. The number of aryl methyl sites for hydroxylation is 2. The first kappa shape index (κ1) is 39.7. The van der Waals surface area contributed by atoms with Crippen LogP contribution in [0.4, 0.5) is 0 Å². The number of unbranched alkanes of at least 4 members (excludes halogenated alkanes) is 12. The summed E-state index contributed by atoms with van der Waals surface area (Å²) in [6.07, 6.45) is 31.0. The van der Waals surface area contributed by atoms with Gasteiger partial charge in [-0.25, -0.2) is 5.43 Å². The molecule has 0 spiro atoms. The van der Waals surface area contributed by atoms with Crippen LogP contribution in [0.15, 0.2) is 48.7 Å². The van der Waals surface area contributed by atoms with Gasteiger partial charge in [-0.15, -0.1) is 11.3 Å². The summed E-state index contributed by atoms with van der Waals surface area (Å²) in [5, 5.41) is 0. The van der Waals surface area contributed by atoms with Crippen LogP contribution in [0.25, 0.3) is 17.8 Å². The van der Waals surface area contributed by atoms with Gasteiger partial charge in [0.25, 0.3) is 0 Å². The first-order valence-corrected chi connectivity index (χ1v) is 20.9. The van der Waals surface area contributed by atoms with Gasteiger partial charge >= 0.3 is 0 Å². The molecule has 2 aromatic heterocycles. The van der Waals surface area contributed by atoms with Crippen LogP contribution in [0.2, 0.25) is 0 Å². The van der Waals surface area contributed by atoms with Crippen LogP contribution in [0.1, 0.15) is 169 Å². The number of hydrogen-bond acceptors (Lipinski definition) is 6. The molecular formula is C44H65N3O2S. The van der Waals surface area contributed by atoms with E-state index in [1.807, 2.05) is 17.5 Å². The highest BCUT2D eigenvalue weighted by Gasteiger charge is 2.22. The number of nitrogens with one attached hydrogen (secondary N) is 2. The highest BCUT2D eigenvalue weighted by atomic mass is 32.1. The minimum atomic E-state index is -0.0348. The van der Waals surface area contributed by atoms with E-state index < -0.39 is 0 Å². The number of pyridine rings is 1. The van der Waals surface area contributed by atoms with Gasteiger partial charge in [0.05, 0.1) is 30.6 Å². The van der Waals surface area contributed by atoms with Gasteiger partial charge < -0.3 is 14.9 Å². The van der Waals surface area contributed by atoms with E-state index in [1.165, 1.54) is 118 Å². The van der Waals surface area contributed by atoms with E-state index in [1.54, 1.807) is 0 Å². The topological polar surface area (TPSA) is 55.4 Å². The van der Waals surface area contributed by atoms with E-state index in [4.69, 9.17) is 14.5 Å². The smallest absolute Gasteiger partial charge is 0.128 e. The molecule has 274 valence electrons. The molecule has 3 aromatic rings. The molecule has 1 unspecified atom stereocenters. The maximum absolute atomic E-state index is 6.40. The summed E-state index contributed by atoms with van der Waals surface area (Å²) < 4.78 is 12.5. The van der Waals surface area contributed by atoms with Crippen LogP contribution < -0.4 is 20.3 Å². The largest absolute Gasteiger partial charge is 0.493 e. The van der Waals surface area contributed by atoms with Crippen LogP contribution in [0.3, 0.4) is 0 Å². The number of hydrazine groups is 1. The van der Waals surface area contributed by atoms with Gasteiger partial charge in [-0.2, -0.15) is 0 Å². The first-order chi connectivity index (χ1) is 24.6. The maximum Gasteiger partial charge on any atom is 0.128 e. The van der Waals surface area contributed by atoms with Gasteiger partial charge in [0.15, 0.2) is 0 Å². The van der Waals surface area contributed by atoms with Crippen molar-refractivity contribution in [3.05, 3.63) is 80.8 Å². The molecule has 0 radical (unpaired) electrons. The summed E-state index contributed by atoms with van der Waals surface area (Å²) in [5.41, 5.74) is 12.6. The molecule has 1 atom stereocenters. The molecule has 0 saturated heterocycles. The van der Waals surface area contributed by atoms with Crippen LogP contribution in [-0.2, 0) is 12.8 Å². The number of nitrogens with zero attached hydrogens (tertiary/aromatic N) is 1. The second kappa shape index (κ2) is 23.4. The fourth-order valence-electron chi connectivity index (χ4n) is 6.44. The van der Waals surface area contributed by atoms with E-state index in [2.05, 4.69) is 93.2 Å². The third-order valence-electron chi connectivity index (χ3n) is 9.49. The Morgan fingerprint density at radius 2 is 1.38 bits per heavy atom. The van der Waals surface area contributed by atoms with Gasteiger partial charge in [0, 0.05) is 27.6 Å². The van der Waals surface area contributed by atoms with Gasteiger partial charge in [0.1, 0.15) is 11.5 Å². The van der Waals surface area contributed by atoms with Crippen molar-refractivity contribution in [2.24, 2.45) is 0 Å². The summed E-state index contributed by atoms with van der Waals surface area (Å²) in [7, 11) is 0. The fraction of sp³-hybridized carbons (Fsp3) is 0.568. The molecule has 1 aliphatic rings. The van der Waals surface area contributed by atoms with Crippen molar-refractivity contribution >= 4 is 29.2 Å². The third-order valence-corrected chi connectivity index (χ3v) is 10.7. The van der Waals surface area contributed by atoms with Crippen molar-refractivity contribution in [2.45, 2.75) is 149 Å². The lowest BCUT2D eigenvalue weighted by atomic mass is 10.0. The maximum atomic E-state index is 6.40. The molecule has 0 aliphatic carbocycles. The summed E-state index contributed by atoms with van der Waals surface area (Å²) in [4.78, 5) is 7.70. The molecule has 5 nitrogen and oxygen atoms in total. The van der Waals surface area contributed by atoms with E-state index in [0.29, 0.717) is 6.61 Å². The fourth-order valence-corrected chi connectivity index (χ4v) is 7.60. The van der Waals surface area contributed by atoms with Gasteiger partial charge in [-0.05, 0) is 92.1 Å². The van der Waals surface area contributed by atoms with Crippen molar-refractivity contribution in [3.8, 4) is 11.5 Å². The summed E-state index contributed by atoms with van der Waals surface area (Å²) in [6, 6.07) is 13.0. The lowest BCUT2D eigenvalue weighted by Crippen LogP contribution is -2.26. The second-order valence-electron chi connectivity index (χ2n) is 13.9. The molecule has 3 heterocycles. The standard InChI is InChI=1S/C44H65N3O2S/c1-5-9-13-17-21-36-32-38(22-18-14-10-6-2)50-44(36)26-23-35-27-28-45-41(31-35)42-34-40(46-47-42)39-25-24-37(48-29-19-15-11-7-3)33-43(39)49-30-20-16-12-8-4/h23-28,31-34,40,46-47H,5-22,29-30H2,1-4H3/b26-23+. The van der Waals surface area contributed by atoms with Crippen molar-refractivity contribution in [1.82, 2.24) is 15.8 Å².